The summed E-state index contributed by atoms with van der Waals surface area (Å²) >= 11 is 0. The van der Waals surface area contributed by atoms with Gasteiger partial charge in [-0.2, -0.15) is 0 Å². The molecule has 4 N–H and O–H groups in total. The SMILES string of the molecule is CC(C)(C)CC(C)(C)NC(=O)c1ccnc(NN)c1. The summed E-state index contributed by atoms with van der Waals surface area (Å²) in [6.45, 7) is 10.5. The molecule has 0 saturated heterocycles. The van der Waals surface area contributed by atoms with Crippen LogP contribution in [0.15, 0.2) is 18.3 Å². The van der Waals surface area contributed by atoms with Crippen molar-refractivity contribution in [1.82, 2.24) is 10.3 Å². The summed E-state index contributed by atoms with van der Waals surface area (Å²) in [6.07, 6.45) is 2.44. The Labute approximate surface area is 115 Å². The minimum Gasteiger partial charge on any atom is -0.347 e. The summed E-state index contributed by atoms with van der Waals surface area (Å²) in [6, 6.07) is 3.30. The fourth-order valence-corrected chi connectivity index (χ4v) is 2.40. The van der Waals surface area contributed by atoms with Crippen molar-refractivity contribution in [2.45, 2.75) is 46.6 Å². The Bertz CT molecular complexity index is 449. The molecule has 5 heteroatoms. The van der Waals surface area contributed by atoms with Gasteiger partial charge in [0, 0.05) is 17.3 Å². The predicted octanol–water partition coefficient (Wildman–Crippen LogP) is 2.31. The van der Waals surface area contributed by atoms with Crippen molar-refractivity contribution in [3.05, 3.63) is 23.9 Å². The number of rotatable bonds is 4. The Hall–Kier alpha value is -1.62. The number of pyridine rings is 1. The average molecular weight is 264 g/mol. The zero-order valence-corrected chi connectivity index (χ0v) is 12.4. The average Bonchev–Trinajstić information content (AvgIpc) is 2.25. The van der Waals surface area contributed by atoms with E-state index in [1.807, 2.05) is 13.8 Å². The third-order valence-electron chi connectivity index (χ3n) is 2.59. The van der Waals surface area contributed by atoms with E-state index in [0.29, 0.717) is 11.4 Å². The molecule has 1 aromatic heterocycles. The van der Waals surface area contributed by atoms with Crippen LogP contribution in [0.1, 0.15) is 51.4 Å². The molecule has 1 rings (SSSR count). The number of carbonyl (C=O) groups excluding carboxylic acids is 1. The highest BCUT2D eigenvalue weighted by molar-refractivity contribution is 5.95. The number of nitrogens with two attached hydrogens (primary N) is 1. The van der Waals surface area contributed by atoms with Crippen LogP contribution in [-0.2, 0) is 0 Å². The molecular formula is C14H24N4O. The normalized spacial score (nSPS) is 12.1. The van der Waals surface area contributed by atoms with Crippen molar-refractivity contribution < 1.29 is 4.79 Å². The van der Waals surface area contributed by atoms with Crippen molar-refractivity contribution in [2.75, 3.05) is 5.43 Å². The lowest BCUT2D eigenvalue weighted by Crippen LogP contribution is -2.45. The van der Waals surface area contributed by atoms with E-state index in [2.05, 4.69) is 36.5 Å². The number of nitrogens with one attached hydrogen (secondary N) is 2. The Balaban J connectivity index is 2.78. The second-order valence-corrected chi connectivity index (χ2v) is 6.65. The van der Waals surface area contributed by atoms with Crippen molar-refractivity contribution >= 4 is 11.7 Å². The molecule has 0 spiro atoms. The lowest BCUT2D eigenvalue weighted by molar-refractivity contribution is 0.0891. The minimum atomic E-state index is -0.269. The van der Waals surface area contributed by atoms with Gasteiger partial charge in [-0.25, -0.2) is 10.8 Å². The molecule has 0 aliphatic carbocycles. The zero-order chi connectivity index (χ0) is 14.7. The van der Waals surface area contributed by atoms with Gasteiger partial charge in [0.15, 0.2) is 0 Å². The van der Waals surface area contributed by atoms with Gasteiger partial charge in [-0.3, -0.25) is 4.79 Å². The quantitative estimate of drug-likeness (QED) is 0.576. The highest BCUT2D eigenvalue weighted by Crippen LogP contribution is 2.27. The third-order valence-corrected chi connectivity index (χ3v) is 2.59. The number of nitrogens with zero attached hydrogens (tertiary/aromatic N) is 1. The fraction of sp³-hybridized carbons (Fsp3) is 0.571. The number of hydrogen-bond acceptors (Lipinski definition) is 4. The van der Waals surface area contributed by atoms with Crippen LogP contribution in [0.2, 0.25) is 0 Å². The van der Waals surface area contributed by atoms with E-state index >= 15 is 0 Å². The van der Waals surface area contributed by atoms with E-state index in [0.717, 1.165) is 6.42 Å². The number of aromatic nitrogens is 1. The van der Waals surface area contributed by atoms with Crippen LogP contribution >= 0.6 is 0 Å². The van der Waals surface area contributed by atoms with Gasteiger partial charge < -0.3 is 10.7 Å². The van der Waals surface area contributed by atoms with Crippen LogP contribution in [-0.4, -0.2) is 16.4 Å². The Morgan fingerprint density at radius 1 is 1.32 bits per heavy atom. The fourth-order valence-electron chi connectivity index (χ4n) is 2.40. The van der Waals surface area contributed by atoms with Gasteiger partial charge in [0.2, 0.25) is 0 Å². The number of amides is 1. The van der Waals surface area contributed by atoms with Crippen LogP contribution in [0.5, 0.6) is 0 Å². The number of carbonyl (C=O) groups is 1. The predicted molar refractivity (Wildman–Crippen MR) is 77.7 cm³/mol. The molecule has 0 bridgehead atoms. The minimum absolute atomic E-state index is 0.117. The first-order valence-electron chi connectivity index (χ1n) is 6.38. The first-order valence-corrected chi connectivity index (χ1v) is 6.38. The molecule has 0 aromatic carbocycles. The van der Waals surface area contributed by atoms with E-state index in [-0.39, 0.29) is 16.9 Å². The first-order chi connectivity index (χ1) is 8.63. The number of nitrogen functional groups attached to an aromatic ring is 1. The summed E-state index contributed by atoms with van der Waals surface area (Å²) < 4.78 is 0. The molecule has 0 aliphatic rings. The van der Waals surface area contributed by atoms with Crippen LogP contribution in [0, 0.1) is 5.41 Å². The Kier molecular flexibility index (Phi) is 4.52. The van der Waals surface area contributed by atoms with Gasteiger partial charge >= 0.3 is 0 Å². The molecule has 0 atom stereocenters. The Morgan fingerprint density at radius 2 is 1.95 bits per heavy atom. The van der Waals surface area contributed by atoms with Gasteiger partial charge in [-0.15, -0.1) is 0 Å². The van der Waals surface area contributed by atoms with E-state index in [4.69, 9.17) is 5.84 Å². The van der Waals surface area contributed by atoms with Crippen molar-refractivity contribution in [2.24, 2.45) is 11.3 Å². The van der Waals surface area contributed by atoms with E-state index in [1.165, 1.54) is 0 Å². The molecule has 5 nitrogen and oxygen atoms in total. The highest BCUT2D eigenvalue weighted by Gasteiger charge is 2.27. The van der Waals surface area contributed by atoms with Crippen LogP contribution in [0.3, 0.4) is 0 Å². The number of hydrogen-bond donors (Lipinski definition) is 3. The number of hydrazine groups is 1. The lowest BCUT2D eigenvalue weighted by Gasteiger charge is -2.33. The zero-order valence-electron chi connectivity index (χ0n) is 12.4. The van der Waals surface area contributed by atoms with Crippen molar-refractivity contribution in [3.8, 4) is 0 Å². The molecular weight excluding hydrogens is 240 g/mol. The maximum Gasteiger partial charge on any atom is 0.251 e. The number of anilines is 1. The Morgan fingerprint density at radius 3 is 2.47 bits per heavy atom. The van der Waals surface area contributed by atoms with Crippen LogP contribution in [0.4, 0.5) is 5.82 Å². The summed E-state index contributed by atoms with van der Waals surface area (Å²) in [5, 5.41) is 3.05. The standard InChI is InChI=1S/C14H24N4O/c1-13(2,3)9-14(4,5)17-12(19)10-6-7-16-11(8-10)18-15/h6-8H,9,15H2,1-5H3,(H,16,18)(H,17,19). The lowest BCUT2D eigenvalue weighted by atomic mass is 9.81. The maximum atomic E-state index is 12.2. The molecule has 1 amide bonds. The van der Waals surface area contributed by atoms with E-state index < -0.39 is 0 Å². The molecule has 0 saturated carbocycles. The molecule has 0 radical (unpaired) electrons. The van der Waals surface area contributed by atoms with Crippen LogP contribution < -0.4 is 16.6 Å². The third kappa shape index (κ3) is 5.26. The second kappa shape index (κ2) is 5.57. The van der Waals surface area contributed by atoms with Crippen molar-refractivity contribution in [1.29, 1.82) is 0 Å². The van der Waals surface area contributed by atoms with Gasteiger partial charge in [-0.1, -0.05) is 20.8 Å². The molecule has 1 aromatic rings. The molecule has 0 fully saturated rings. The van der Waals surface area contributed by atoms with E-state index in [1.54, 1.807) is 18.3 Å². The summed E-state index contributed by atoms with van der Waals surface area (Å²) in [5.41, 5.74) is 2.86. The second-order valence-electron chi connectivity index (χ2n) is 6.65. The molecule has 1 heterocycles. The van der Waals surface area contributed by atoms with Crippen molar-refractivity contribution in [3.63, 3.8) is 0 Å². The molecule has 0 aliphatic heterocycles. The van der Waals surface area contributed by atoms with E-state index in [9.17, 15) is 4.79 Å². The smallest absolute Gasteiger partial charge is 0.251 e. The summed E-state index contributed by atoms with van der Waals surface area (Å²) in [4.78, 5) is 16.2. The largest absolute Gasteiger partial charge is 0.347 e. The van der Waals surface area contributed by atoms with Gasteiger partial charge in [-0.05, 0) is 37.8 Å². The van der Waals surface area contributed by atoms with Gasteiger partial charge in [0.1, 0.15) is 5.82 Å². The summed E-state index contributed by atoms with van der Waals surface area (Å²) in [7, 11) is 0. The highest BCUT2D eigenvalue weighted by atomic mass is 16.1. The maximum absolute atomic E-state index is 12.2. The molecule has 0 unspecified atom stereocenters. The van der Waals surface area contributed by atoms with Gasteiger partial charge in [0.25, 0.3) is 5.91 Å². The molecule has 106 valence electrons. The first kappa shape index (κ1) is 15.4. The van der Waals surface area contributed by atoms with Crippen LogP contribution in [0.25, 0.3) is 0 Å². The molecule has 19 heavy (non-hydrogen) atoms. The summed E-state index contributed by atoms with van der Waals surface area (Å²) in [5.74, 6) is 5.64. The monoisotopic (exact) mass is 264 g/mol. The van der Waals surface area contributed by atoms with Gasteiger partial charge in [0.05, 0.1) is 0 Å². The topological polar surface area (TPSA) is 80.0 Å².